The molecule has 1 heterocycles. The van der Waals surface area contributed by atoms with Gasteiger partial charge in [0.25, 0.3) is 5.91 Å². The lowest BCUT2D eigenvalue weighted by molar-refractivity contribution is -0.124. The van der Waals surface area contributed by atoms with Crippen molar-refractivity contribution in [2.75, 3.05) is 6.54 Å². The Hall–Kier alpha value is -1.06. The first kappa shape index (κ1) is 11.0. The first-order valence-electron chi connectivity index (χ1n) is 5.14. The Kier molecular flexibility index (Phi) is 3.13. The average Bonchev–Trinajstić information content (AvgIpc) is 2.41. The zero-order valence-corrected chi connectivity index (χ0v) is 9.35. The van der Waals surface area contributed by atoms with Crippen molar-refractivity contribution >= 4 is 11.9 Å². The summed E-state index contributed by atoms with van der Waals surface area (Å²) in [6, 6.07) is 0. The highest BCUT2D eigenvalue weighted by atomic mass is 16.2. The molecule has 1 unspecified atom stereocenters. The molecule has 0 saturated carbocycles. The molecule has 4 nitrogen and oxygen atoms in total. The molecule has 1 atom stereocenters. The van der Waals surface area contributed by atoms with Gasteiger partial charge in [0, 0.05) is 6.54 Å². The second-order valence-corrected chi connectivity index (χ2v) is 4.17. The van der Waals surface area contributed by atoms with Gasteiger partial charge in [-0.3, -0.25) is 15.1 Å². The monoisotopic (exact) mass is 197 g/mol. The highest BCUT2D eigenvalue weighted by Gasteiger charge is 2.43. The Balaban J connectivity index is 2.73. The molecule has 14 heavy (non-hydrogen) atoms. The molecule has 0 spiro atoms. The molecule has 2 N–H and O–H groups in total. The summed E-state index contributed by atoms with van der Waals surface area (Å²) >= 11 is 0. The van der Waals surface area contributed by atoms with Crippen molar-refractivity contribution in [3.05, 3.63) is 0 Å². The molecule has 0 aliphatic carbocycles. The topological polar surface area (TPSA) is 53.5 Å². The second-order valence-electron chi connectivity index (χ2n) is 4.17. The summed E-state index contributed by atoms with van der Waals surface area (Å²) in [6.07, 6.45) is 0.986. The number of nitrogens with one attached hydrogen (secondary N) is 2. The van der Waals surface area contributed by atoms with Gasteiger partial charge in [-0.1, -0.05) is 20.8 Å². The lowest BCUT2D eigenvalue weighted by Crippen LogP contribution is -2.48. The van der Waals surface area contributed by atoms with E-state index in [2.05, 4.69) is 22.5 Å². The molecule has 1 amide bonds. The van der Waals surface area contributed by atoms with Crippen LogP contribution in [-0.4, -0.2) is 24.0 Å². The van der Waals surface area contributed by atoms with E-state index in [-0.39, 0.29) is 11.8 Å². The van der Waals surface area contributed by atoms with Gasteiger partial charge >= 0.3 is 0 Å². The van der Waals surface area contributed by atoms with Crippen LogP contribution in [0.5, 0.6) is 0 Å². The van der Waals surface area contributed by atoms with Gasteiger partial charge in [-0.15, -0.1) is 0 Å². The maximum atomic E-state index is 11.7. The van der Waals surface area contributed by atoms with E-state index in [1.165, 1.54) is 0 Å². The van der Waals surface area contributed by atoms with Crippen LogP contribution in [0, 0.1) is 5.92 Å². The molecule has 0 aromatic heterocycles. The van der Waals surface area contributed by atoms with Crippen LogP contribution in [0.25, 0.3) is 0 Å². The lowest BCUT2D eigenvalue weighted by Gasteiger charge is -2.25. The van der Waals surface area contributed by atoms with E-state index < -0.39 is 5.54 Å². The summed E-state index contributed by atoms with van der Waals surface area (Å²) in [7, 11) is 0. The quantitative estimate of drug-likeness (QED) is 0.706. The predicted octanol–water partition coefficient (Wildman–Crippen LogP) is 0.886. The van der Waals surface area contributed by atoms with Crippen LogP contribution in [0.3, 0.4) is 0 Å². The lowest BCUT2D eigenvalue weighted by atomic mass is 9.89. The van der Waals surface area contributed by atoms with Gasteiger partial charge in [-0.25, -0.2) is 0 Å². The third-order valence-electron chi connectivity index (χ3n) is 2.73. The molecule has 4 heteroatoms. The Morgan fingerprint density at radius 2 is 2.14 bits per heavy atom. The highest BCUT2D eigenvalue weighted by molar-refractivity contribution is 6.08. The van der Waals surface area contributed by atoms with Crippen LogP contribution in [0.2, 0.25) is 0 Å². The minimum absolute atomic E-state index is 0.0161. The Morgan fingerprint density at radius 3 is 2.57 bits per heavy atom. The van der Waals surface area contributed by atoms with Crippen molar-refractivity contribution in [3.63, 3.8) is 0 Å². The van der Waals surface area contributed by atoms with Crippen LogP contribution in [0.1, 0.15) is 34.1 Å². The van der Waals surface area contributed by atoms with Crippen LogP contribution in [0.4, 0.5) is 0 Å². The third kappa shape index (κ3) is 1.89. The van der Waals surface area contributed by atoms with Gasteiger partial charge in [-0.2, -0.15) is 0 Å². The van der Waals surface area contributed by atoms with Crippen molar-refractivity contribution in [1.29, 1.82) is 0 Å². The molecule has 0 radical (unpaired) electrons. The van der Waals surface area contributed by atoms with Crippen molar-refractivity contribution < 1.29 is 4.79 Å². The fourth-order valence-electron chi connectivity index (χ4n) is 1.28. The average molecular weight is 197 g/mol. The van der Waals surface area contributed by atoms with E-state index in [0.29, 0.717) is 5.96 Å². The zero-order chi connectivity index (χ0) is 10.8. The molecule has 0 aromatic rings. The minimum atomic E-state index is -0.507. The number of carbonyl (C=O) groups excluding carboxylic acids is 1. The summed E-state index contributed by atoms with van der Waals surface area (Å²) < 4.78 is 0. The van der Waals surface area contributed by atoms with Crippen molar-refractivity contribution in [3.8, 4) is 0 Å². The SMILES string of the molecule is CCCN=C1NC(=O)C(C)(C(C)C)N1. The number of nitrogens with zero attached hydrogens (tertiary/aromatic N) is 1. The van der Waals surface area contributed by atoms with E-state index in [1.807, 2.05) is 20.8 Å². The summed E-state index contributed by atoms with van der Waals surface area (Å²) in [5.74, 6) is 0.882. The fourth-order valence-corrected chi connectivity index (χ4v) is 1.28. The summed E-state index contributed by atoms with van der Waals surface area (Å²) in [4.78, 5) is 15.9. The van der Waals surface area contributed by atoms with Crippen LogP contribution in [0.15, 0.2) is 4.99 Å². The molecule has 1 saturated heterocycles. The minimum Gasteiger partial charge on any atom is -0.342 e. The first-order chi connectivity index (χ1) is 6.50. The molecule has 1 aliphatic rings. The van der Waals surface area contributed by atoms with Gasteiger partial charge in [0.15, 0.2) is 5.96 Å². The van der Waals surface area contributed by atoms with Gasteiger partial charge in [0.2, 0.25) is 0 Å². The van der Waals surface area contributed by atoms with Gasteiger partial charge in [-0.05, 0) is 19.3 Å². The number of rotatable bonds is 3. The number of hydrogen-bond acceptors (Lipinski definition) is 2. The van der Waals surface area contributed by atoms with E-state index in [4.69, 9.17) is 0 Å². The molecular formula is C10H19N3O. The van der Waals surface area contributed by atoms with E-state index >= 15 is 0 Å². The Bertz CT molecular complexity index is 260. The molecule has 0 bridgehead atoms. The summed E-state index contributed by atoms with van der Waals surface area (Å²) in [5.41, 5.74) is -0.507. The van der Waals surface area contributed by atoms with Gasteiger partial charge in [0.1, 0.15) is 5.54 Å². The standard InChI is InChI=1S/C10H19N3O/c1-5-6-11-9-12-8(14)10(4,13-9)7(2)3/h7H,5-6H2,1-4H3,(H2,11,12,13,14). The Morgan fingerprint density at radius 1 is 1.50 bits per heavy atom. The third-order valence-corrected chi connectivity index (χ3v) is 2.73. The molecular weight excluding hydrogens is 178 g/mol. The summed E-state index contributed by atoms with van der Waals surface area (Å²) in [6.45, 7) is 8.76. The largest absolute Gasteiger partial charge is 0.342 e. The van der Waals surface area contributed by atoms with E-state index in [1.54, 1.807) is 0 Å². The normalized spacial score (nSPS) is 29.5. The van der Waals surface area contributed by atoms with E-state index in [9.17, 15) is 4.79 Å². The van der Waals surface area contributed by atoms with E-state index in [0.717, 1.165) is 13.0 Å². The number of guanidine groups is 1. The highest BCUT2D eigenvalue weighted by Crippen LogP contribution is 2.19. The van der Waals surface area contributed by atoms with Gasteiger partial charge < -0.3 is 5.32 Å². The van der Waals surface area contributed by atoms with Crippen LogP contribution >= 0.6 is 0 Å². The number of hydrogen-bond donors (Lipinski definition) is 2. The van der Waals surface area contributed by atoms with Crippen molar-refractivity contribution in [2.24, 2.45) is 10.9 Å². The zero-order valence-electron chi connectivity index (χ0n) is 9.35. The molecule has 0 aromatic carbocycles. The van der Waals surface area contributed by atoms with Crippen molar-refractivity contribution in [1.82, 2.24) is 10.6 Å². The van der Waals surface area contributed by atoms with Crippen molar-refractivity contribution in [2.45, 2.75) is 39.7 Å². The predicted molar refractivity (Wildman–Crippen MR) is 57.1 cm³/mol. The number of carbonyl (C=O) groups is 1. The Labute approximate surface area is 85.2 Å². The summed E-state index contributed by atoms with van der Waals surface area (Å²) in [5, 5.41) is 5.90. The molecule has 1 rings (SSSR count). The van der Waals surface area contributed by atoms with Crippen LogP contribution < -0.4 is 10.6 Å². The van der Waals surface area contributed by atoms with Gasteiger partial charge in [0.05, 0.1) is 0 Å². The maximum Gasteiger partial charge on any atom is 0.252 e. The number of amides is 1. The fraction of sp³-hybridized carbons (Fsp3) is 0.800. The first-order valence-corrected chi connectivity index (χ1v) is 5.14. The van der Waals surface area contributed by atoms with Crippen LogP contribution in [-0.2, 0) is 4.79 Å². The maximum absolute atomic E-state index is 11.7. The molecule has 80 valence electrons. The smallest absolute Gasteiger partial charge is 0.252 e. The molecule has 1 fully saturated rings. The number of aliphatic imine (C=N–C) groups is 1. The molecule has 1 aliphatic heterocycles. The second kappa shape index (κ2) is 3.98.